The first-order valence-corrected chi connectivity index (χ1v) is 8.78. The number of hydrogen-bond donors (Lipinski definition) is 7. The fourth-order valence-electron chi connectivity index (χ4n) is 2.81. The number of nitrogens with two attached hydrogens (primary N) is 2. The molecule has 1 aromatic carbocycles. The summed E-state index contributed by atoms with van der Waals surface area (Å²) >= 11 is 0. The molecule has 13 heteroatoms. The van der Waals surface area contributed by atoms with Crippen LogP contribution in [-0.2, 0) is 11.2 Å². The van der Waals surface area contributed by atoms with Crippen LogP contribution in [0.15, 0.2) is 12.1 Å². The number of carboxylic acid groups (broad SMARTS) is 1. The van der Waals surface area contributed by atoms with E-state index in [2.05, 4.69) is 5.32 Å². The number of rotatable bonds is 9. The number of phenols is 1. The van der Waals surface area contributed by atoms with Crippen molar-refractivity contribution in [3.05, 3.63) is 23.3 Å². The number of benzene rings is 1. The molecule has 0 radical (unpaired) electrons. The van der Waals surface area contributed by atoms with Crippen LogP contribution in [0.1, 0.15) is 15.9 Å². The second-order valence-corrected chi connectivity index (χ2v) is 6.61. The topological polar surface area (TPSA) is 209 Å². The fourth-order valence-corrected chi connectivity index (χ4v) is 2.81. The number of nitrogens with one attached hydrogen (secondary N) is 1. The van der Waals surface area contributed by atoms with Gasteiger partial charge in [-0.2, -0.15) is 0 Å². The van der Waals surface area contributed by atoms with Gasteiger partial charge in [-0.1, -0.05) is 6.07 Å². The highest BCUT2D eigenvalue weighted by molar-refractivity contribution is 6.41. The highest BCUT2D eigenvalue weighted by Crippen LogP contribution is 2.33. The van der Waals surface area contributed by atoms with Gasteiger partial charge in [0, 0.05) is 6.54 Å². The average Bonchev–Trinajstić information content (AvgIpc) is 2.60. The first kappa shape index (κ1) is 22.3. The van der Waals surface area contributed by atoms with Crippen molar-refractivity contribution in [2.45, 2.75) is 24.9 Å². The number of aryl methyl sites for hydroxylation is 1. The zero-order valence-corrected chi connectivity index (χ0v) is 15.4. The minimum absolute atomic E-state index is 0.0625. The summed E-state index contributed by atoms with van der Waals surface area (Å²) in [5.41, 5.74) is 10.4. The molecule has 12 nitrogen and oxygen atoms in total. The molecule has 1 fully saturated rings. The third-order valence-corrected chi connectivity index (χ3v) is 4.38. The molecule has 0 spiro atoms. The van der Waals surface area contributed by atoms with Gasteiger partial charge in [-0.15, -0.1) is 0 Å². The molecule has 0 saturated carbocycles. The molecule has 1 aliphatic heterocycles. The van der Waals surface area contributed by atoms with E-state index >= 15 is 0 Å². The van der Waals surface area contributed by atoms with Crippen molar-refractivity contribution in [2.24, 2.45) is 11.5 Å². The largest absolute Gasteiger partial charge is 0.507 e. The number of aromatic hydroxyl groups is 1. The summed E-state index contributed by atoms with van der Waals surface area (Å²) in [6, 6.07) is 1.04. The molecular weight excluding hydrogens is 387 g/mol. The summed E-state index contributed by atoms with van der Waals surface area (Å²) in [7, 11) is -1.58. The van der Waals surface area contributed by atoms with Crippen LogP contribution in [0.2, 0.25) is 6.32 Å². The van der Waals surface area contributed by atoms with E-state index in [9.17, 15) is 24.6 Å². The Morgan fingerprint density at radius 3 is 2.52 bits per heavy atom. The third-order valence-electron chi connectivity index (χ3n) is 4.38. The summed E-state index contributed by atoms with van der Waals surface area (Å²) in [6.45, 7) is 0.194. The molecule has 1 atom stereocenters. The lowest BCUT2D eigenvalue weighted by Gasteiger charge is -2.40. The molecule has 1 heterocycles. The van der Waals surface area contributed by atoms with Gasteiger partial charge >= 0.3 is 19.1 Å². The van der Waals surface area contributed by atoms with E-state index in [-0.39, 0.29) is 43.7 Å². The normalized spacial score (nSPS) is 14.7. The van der Waals surface area contributed by atoms with Crippen LogP contribution < -0.4 is 21.5 Å². The van der Waals surface area contributed by atoms with Crippen LogP contribution >= 0.6 is 0 Å². The summed E-state index contributed by atoms with van der Waals surface area (Å²) in [4.78, 5) is 35.7. The first-order chi connectivity index (χ1) is 13.6. The summed E-state index contributed by atoms with van der Waals surface area (Å²) in [6.07, 6.45) is -0.512. The predicted molar refractivity (Wildman–Crippen MR) is 100 cm³/mol. The van der Waals surface area contributed by atoms with Gasteiger partial charge in [0.15, 0.2) is 0 Å². The highest BCUT2D eigenvalue weighted by Gasteiger charge is 2.35. The Bertz CT molecular complexity index is 784. The molecule has 1 unspecified atom stereocenters. The Balaban J connectivity index is 1.99. The van der Waals surface area contributed by atoms with Crippen molar-refractivity contribution in [1.82, 2.24) is 10.2 Å². The summed E-state index contributed by atoms with van der Waals surface area (Å²) in [5.74, 6) is -2.41. The number of primary amides is 1. The van der Waals surface area contributed by atoms with Crippen molar-refractivity contribution in [3.8, 4) is 11.5 Å². The van der Waals surface area contributed by atoms with Crippen LogP contribution in [0.3, 0.4) is 0 Å². The molecule has 0 bridgehead atoms. The average molecular weight is 410 g/mol. The molecule has 158 valence electrons. The van der Waals surface area contributed by atoms with Crippen LogP contribution in [0.4, 0.5) is 4.79 Å². The predicted octanol–water partition coefficient (Wildman–Crippen LogP) is -2.31. The van der Waals surface area contributed by atoms with E-state index in [0.717, 1.165) is 0 Å². The SMILES string of the molecule is NC(=O)NCC(N)C(=O)N1CC(Oc2ccc(CCB(O)O)c(O)c2C(=O)O)C1. The van der Waals surface area contributed by atoms with Gasteiger partial charge in [0.25, 0.3) is 0 Å². The van der Waals surface area contributed by atoms with Crippen LogP contribution in [0.5, 0.6) is 11.5 Å². The van der Waals surface area contributed by atoms with Crippen LogP contribution in [-0.4, -0.2) is 82.0 Å². The first-order valence-electron chi connectivity index (χ1n) is 8.78. The lowest BCUT2D eigenvalue weighted by Crippen LogP contribution is -2.61. The monoisotopic (exact) mass is 410 g/mol. The Kier molecular flexibility index (Phi) is 7.26. The van der Waals surface area contributed by atoms with Crippen LogP contribution in [0, 0.1) is 0 Å². The second kappa shape index (κ2) is 9.45. The Hall–Kier alpha value is -3.03. The van der Waals surface area contributed by atoms with Crippen molar-refractivity contribution < 1.29 is 39.4 Å². The number of amides is 3. The number of carbonyl (C=O) groups excluding carboxylic acids is 2. The van der Waals surface area contributed by atoms with Gasteiger partial charge in [0.2, 0.25) is 5.91 Å². The number of aromatic carboxylic acids is 1. The second-order valence-electron chi connectivity index (χ2n) is 6.61. The number of nitrogens with zero attached hydrogens (tertiary/aromatic N) is 1. The maximum Gasteiger partial charge on any atom is 0.451 e. The van der Waals surface area contributed by atoms with Crippen molar-refractivity contribution in [3.63, 3.8) is 0 Å². The van der Waals surface area contributed by atoms with E-state index in [4.69, 9.17) is 26.3 Å². The molecule has 0 aromatic heterocycles. The van der Waals surface area contributed by atoms with E-state index in [1.807, 2.05) is 0 Å². The van der Waals surface area contributed by atoms with Crippen molar-refractivity contribution in [2.75, 3.05) is 19.6 Å². The lowest BCUT2D eigenvalue weighted by molar-refractivity contribution is -0.141. The molecule has 29 heavy (non-hydrogen) atoms. The fraction of sp³-hybridized carbons (Fsp3) is 0.438. The zero-order chi connectivity index (χ0) is 21.7. The van der Waals surface area contributed by atoms with E-state index in [0.29, 0.717) is 0 Å². The molecule has 2 rings (SSSR count). The molecule has 1 aromatic rings. The molecule has 1 saturated heterocycles. The van der Waals surface area contributed by atoms with Gasteiger partial charge in [-0.25, -0.2) is 9.59 Å². The molecular formula is C16H23BN4O8. The Labute approximate surface area is 166 Å². The standard InChI is InChI=1S/C16H23BN4O8/c18-10(5-20-16(19)26)14(23)21-6-9(7-21)29-11-2-1-8(3-4-17(27)28)13(22)12(11)15(24)25/h1-2,9-10,22,27-28H,3-7,18H2,(H,24,25)(H3,19,20,26). The summed E-state index contributed by atoms with van der Waals surface area (Å²) < 4.78 is 5.60. The number of urea groups is 1. The third kappa shape index (κ3) is 5.73. The minimum atomic E-state index is -1.58. The highest BCUT2D eigenvalue weighted by atomic mass is 16.5. The van der Waals surface area contributed by atoms with E-state index in [1.54, 1.807) is 0 Å². The number of likely N-dealkylation sites (tertiary alicyclic amines) is 1. The minimum Gasteiger partial charge on any atom is -0.507 e. The molecule has 0 aliphatic carbocycles. The number of carboxylic acids is 1. The molecule has 9 N–H and O–H groups in total. The number of carbonyl (C=O) groups is 3. The zero-order valence-electron chi connectivity index (χ0n) is 15.4. The Morgan fingerprint density at radius 1 is 1.31 bits per heavy atom. The van der Waals surface area contributed by atoms with Gasteiger partial charge in [-0.3, -0.25) is 4.79 Å². The smallest absolute Gasteiger partial charge is 0.451 e. The van der Waals surface area contributed by atoms with E-state index in [1.165, 1.54) is 17.0 Å². The van der Waals surface area contributed by atoms with Gasteiger partial charge < -0.3 is 46.7 Å². The van der Waals surface area contributed by atoms with E-state index < -0.39 is 48.5 Å². The van der Waals surface area contributed by atoms with Crippen LogP contribution in [0.25, 0.3) is 0 Å². The molecule has 3 amide bonds. The van der Waals surface area contributed by atoms with Crippen molar-refractivity contribution >= 4 is 25.0 Å². The van der Waals surface area contributed by atoms with Gasteiger partial charge in [-0.05, 0) is 24.4 Å². The number of hydrogen-bond acceptors (Lipinski definition) is 8. The van der Waals surface area contributed by atoms with Gasteiger partial charge in [0.1, 0.15) is 29.2 Å². The quantitative estimate of drug-likeness (QED) is 0.218. The lowest BCUT2D eigenvalue weighted by atomic mass is 9.82. The maximum absolute atomic E-state index is 12.1. The number of ether oxygens (including phenoxy) is 1. The molecule has 1 aliphatic rings. The Morgan fingerprint density at radius 2 is 1.97 bits per heavy atom. The van der Waals surface area contributed by atoms with Crippen molar-refractivity contribution in [1.29, 1.82) is 0 Å². The maximum atomic E-state index is 12.1. The summed E-state index contributed by atoms with van der Waals surface area (Å²) in [5, 5.41) is 39.7. The van der Waals surface area contributed by atoms with Gasteiger partial charge in [0.05, 0.1) is 13.1 Å².